The van der Waals surface area contributed by atoms with Crippen LogP contribution in [0.1, 0.15) is 0 Å². The van der Waals surface area contributed by atoms with Crippen LogP contribution in [0.5, 0.6) is 0 Å². The molecular weight excluding hydrogens is 310 g/mol. The predicted molar refractivity (Wildman–Crippen MR) is 44.1 cm³/mol. The van der Waals surface area contributed by atoms with Gasteiger partial charge in [0, 0.05) is 0 Å². The normalized spacial score (nSPS) is 5.33. The molecular formula is C10H10Cl4Ti-2. The van der Waals surface area contributed by atoms with E-state index in [1.807, 2.05) is 60.7 Å². The van der Waals surface area contributed by atoms with Gasteiger partial charge in [0.05, 0.1) is 0 Å². The second-order valence-electron chi connectivity index (χ2n) is 1.92. The molecule has 0 radical (unpaired) electrons. The van der Waals surface area contributed by atoms with E-state index in [1.165, 1.54) is 0 Å². The third-order valence-electron chi connectivity index (χ3n) is 1.11. The number of hydrogen-bond acceptors (Lipinski definition) is 0. The maximum absolute atomic E-state index is 2.00. The summed E-state index contributed by atoms with van der Waals surface area (Å²) in [5.74, 6) is 0. The molecule has 0 atom stereocenters. The average Bonchev–Trinajstić information content (AvgIpc) is 2.67. The molecule has 0 aliphatic carbocycles. The average molecular weight is 320 g/mol. The second kappa shape index (κ2) is 24.0. The van der Waals surface area contributed by atoms with Crippen LogP contribution in [0.3, 0.4) is 0 Å². The first-order valence-corrected chi connectivity index (χ1v) is 3.33. The number of halogens is 4. The quantitative estimate of drug-likeness (QED) is 0.334. The van der Waals surface area contributed by atoms with Gasteiger partial charge in [-0.25, -0.2) is 24.3 Å². The second-order valence-corrected chi connectivity index (χ2v) is 1.92. The Labute approximate surface area is 131 Å². The Kier molecular flexibility index (Phi) is 47.4. The van der Waals surface area contributed by atoms with Gasteiger partial charge in [0.1, 0.15) is 0 Å². The number of hydrogen-bond donors (Lipinski definition) is 0. The molecule has 0 amide bonds. The summed E-state index contributed by atoms with van der Waals surface area (Å²) in [6, 6.07) is 20.0. The molecule has 15 heavy (non-hydrogen) atoms. The van der Waals surface area contributed by atoms with Gasteiger partial charge in [-0.15, -0.1) is 0 Å². The van der Waals surface area contributed by atoms with Crippen LogP contribution in [-0.4, -0.2) is 0 Å². The van der Waals surface area contributed by atoms with Crippen LogP contribution in [0.2, 0.25) is 0 Å². The van der Waals surface area contributed by atoms with Gasteiger partial charge in [-0.05, 0) is 0 Å². The summed E-state index contributed by atoms with van der Waals surface area (Å²) in [6.45, 7) is 0. The molecule has 0 saturated heterocycles. The summed E-state index contributed by atoms with van der Waals surface area (Å²) in [6.07, 6.45) is 0. The van der Waals surface area contributed by atoms with Crippen LogP contribution < -0.4 is 49.6 Å². The third kappa shape index (κ3) is 20.6. The fourth-order valence-corrected chi connectivity index (χ4v) is 0.642. The summed E-state index contributed by atoms with van der Waals surface area (Å²) in [7, 11) is 0. The molecule has 0 aliphatic heterocycles. The van der Waals surface area contributed by atoms with E-state index in [4.69, 9.17) is 0 Å². The molecule has 0 aromatic heterocycles. The van der Waals surface area contributed by atoms with Gasteiger partial charge in [-0.2, -0.15) is 36.4 Å². The van der Waals surface area contributed by atoms with Gasteiger partial charge in [-0.3, -0.25) is 0 Å². The maximum atomic E-state index is 2.00. The first-order valence-electron chi connectivity index (χ1n) is 3.33. The SMILES string of the molecule is [Cl-].[Cl-].[Cl-].[Cl-].[Ti+4].c1cc[cH-]c1.c1cc[cH-]c1. The van der Waals surface area contributed by atoms with Gasteiger partial charge >= 0.3 is 21.7 Å². The molecule has 0 N–H and O–H groups in total. The first-order chi connectivity index (χ1) is 5.00. The van der Waals surface area contributed by atoms with Gasteiger partial charge < -0.3 is 49.6 Å². The van der Waals surface area contributed by atoms with Crippen molar-refractivity contribution < 1.29 is 71.3 Å². The predicted octanol–water partition coefficient (Wildman–Crippen LogP) is -9.18. The summed E-state index contributed by atoms with van der Waals surface area (Å²) in [5, 5.41) is 0. The van der Waals surface area contributed by atoms with E-state index in [2.05, 4.69) is 0 Å². The molecule has 0 fully saturated rings. The van der Waals surface area contributed by atoms with Gasteiger partial charge in [0.25, 0.3) is 0 Å². The molecule has 5 heteroatoms. The van der Waals surface area contributed by atoms with Crippen LogP contribution >= 0.6 is 0 Å². The zero-order valence-electron chi connectivity index (χ0n) is 7.79. The van der Waals surface area contributed by atoms with Crippen LogP contribution in [0, 0.1) is 0 Å². The standard InChI is InChI=1S/2C5H5.4ClH.Ti/c2*1-2-4-5-3-1;;;;;/h2*1-5H;4*1H;/q2*-1;;;;;+4/p-4. The fourth-order valence-electron chi connectivity index (χ4n) is 0.642. The van der Waals surface area contributed by atoms with Gasteiger partial charge in [0.15, 0.2) is 0 Å². The Morgan fingerprint density at radius 3 is 0.733 bits per heavy atom. The summed E-state index contributed by atoms with van der Waals surface area (Å²) in [4.78, 5) is 0. The molecule has 0 nitrogen and oxygen atoms in total. The van der Waals surface area contributed by atoms with Gasteiger partial charge in [0.2, 0.25) is 0 Å². The van der Waals surface area contributed by atoms with Crippen molar-refractivity contribution in [3.05, 3.63) is 60.7 Å². The Balaban J connectivity index is -0.0000000333. The largest absolute Gasteiger partial charge is 4.00 e. The summed E-state index contributed by atoms with van der Waals surface area (Å²) < 4.78 is 0. The van der Waals surface area contributed by atoms with Crippen LogP contribution in [0.4, 0.5) is 0 Å². The van der Waals surface area contributed by atoms with Crippen LogP contribution in [0.25, 0.3) is 0 Å². The Morgan fingerprint density at radius 1 is 0.467 bits per heavy atom. The molecule has 0 spiro atoms. The summed E-state index contributed by atoms with van der Waals surface area (Å²) >= 11 is 0. The molecule has 0 saturated carbocycles. The smallest absolute Gasteiger partial charge is 1.00 e. The van der Waals surface area contributed by atoms with E-state index < -0.39 is 0 Å². The van der Waals surface area contributed by atoms with Crippen molar-refractivity contribution in [2.75, 3.05) is 0 Å². The third-order valence-corrected chi connectivity index (χ3v) is 1.11. The molecule has 0 heterocycles. The Morgan fingerprint density at radius 2 is 0.667 bits per heavy atom. The van der Waals surface area contributed by atoms with E-state index in [0.717, 1.165) is 0 Å². The van der Waals surface area contributed by atoms with Gasteiger partial charge in [-0.1, -0.05) is 0 Å². The number of rotatable bonds is 0. The van der Waals surface area contributed by atoms with Crippen molar-refractivity contribution in [2.45, 2.75) is 0 Å². The minimum atomic E-state index is 0. The van der Waals surface area contributed by atoms with Crippen molar-refractivity contribution in [2.24, 2.45) is 0 Å². The topological polar surface area (TPSA) is 0 Å². The van der Waals surface area contributed by atoms with E-state index in [0.29, 0.717) is 0 Å². The molecule has 2 rings (SSSR count). The van der Waals surface area contributed by atoms with Crippen molar-refractivity contribution in [1.82, 2.24) is 0 Å². The minimum absolute atomic E-state index is 0. The monoisotopic (exact) mass is 318 g/mol. The Hall–Kier alpha value is 0.574. The van der Waals surface area contributed by atoms with Crippen LogP contribution in [0.15, 0.2) is 60.7 Å². The molecule has 2 aromatic rings. The minimum Gasteiger partial charge on any atom is -1.00 e. The summed E-state index contributed by atoms with van der Waals surface area (Å²) in [5.41, 5.74) is 0. The van der Waals surface area contributed by atoms with E-state index in [9.17, 15) is 0 Å². The molecule has 0 aliphatic rings. The zero-order chi connectivity index (χ0) is 7.07. The maximum Gasteiger partial charge on any atom is 4.00 e. The molecule has 2 aromatic carbocycles. The van der Waals surface area contributed by atoms with E-state index in [-0.39, 0.29) is 71.3 Å². The van der Waals surface area contributed by atoms with E-state index >= 15 is 0 Å². The van der Waals surface area contributed by atoms with Crippen molar-refractivity contribution in [1.29, 1.82) is 0 Å². The first kappa shape index (κ1) is 29.6. The van der Waals surface area contributed by atoms with Crippen LogP contribution in [-0.2, 0) is 21.7 Å². The van der Waals surface area contributed by atoms with Crippen molar-refractivity contribution in [3.63, 3.8) is 0 Å². The molecule has 0 unspecified atom stereocenters. The Bertz CT molecular complexity index is 157. The van der Waals surface area contributed by atoms with E-state index in [1.54, 1.807) is 0 Å². The van der Waals surface area contributed by atoms with Crippen molar-refractivity contribution >= 4 is 0 Å². The molecule has 84 valence electrons. The molecule has 0 bridgehead atoms. The zero-order valence-corrected chi connectivity index (χ0v) is 12.4. The van der Waals surface area contributed by atoms with Crippen molar-refractivity contribution in [3.8, 4) is 0 Å². The fraction of sp³-hybridized carbons (Fsp3) is 0.